The van der Waals surface area contributed by atoms with Gasteiger partial charge in [-0.05, 0) is 48.0 Å². The highest BCUT2D eigenvalue weighted by Gasteiger charge is 2.08. The first-order valence-electron chi connectivity index (χ1n) is 6.44. The molecule has 2 aromatic carbocycles. The number of benzene rings is 2. The van der Waals surface area contributed by atoms with Gasteiger partial charge in [-0.25, -0.2) is 9.18 Å². The van der Waals surface area contributed by atoms with Gasteiger partial charge >= 0.3 is 5.97 Å². The first-order valence-corrected chi connectivity index (χ1v) is 6.81. The summed E-state index contributed by atoms with van der Waals surface area (Å²) in [5.41, 5.74) is 1.07. The molecule has 0 unspecified atom stereocenters. The molecule has 0 aromatic heterocycles. The Kier molecular flexibility index (Phi) is 5.44. The molecule has 0 spiro atoms. The third kappa shape index (κ3) is 4.82. The van der Waals surface area contributed by atoms with Crippen molar-refractivity contribution >= 4 is 29.4 Å². The molecule has 0 radical (unpaired) electrons. The van der Waals surface area contributed by atoms with Crippen LogP contribution in [0.2, 0.25) is 5.02 Å². The zero-order valence-corrected chi connectivity index (χ0v) is 12.2. The fraction of sp³-hybridized carbons (Fsp3) is 0.0588. The number of carbonyl (C=O) groups excluding carboxylic acids is 2. The first-order chi connectivity index (χ1) is 10.5. The lowest BCUT2D eigenvalue weighted by Gasteiger charge is -2.02. The van der Waals surface area contributed by atoms with Gasteiger partial charge in [-0.2, -0.15) is 0 Å². The molecule has 0 saturated heterocycles. The summed E-state index contributed by atoms with van der Waals surface area (Å²) in [5.74, 6) is -1.46. The van der Waals surface area contributed by atoms with E-state index in [2.05, 4.69) is 0 Å². The molecule has 0 aliphatic rings. The number of hydrogen-bond acceptors (Lipinski definition) is 3. The molecule has 0 aliphatic carbocycles. The van der Waals surface area contributed by atoms with Crippen molar-refractivity contribution in [2.45, 2.75) is 0 Å². The van der Waals surface area contributed by atoms with Crippen molar-refractivity contribution in [2.75, 3.05) is 6.61 Å². The molecule has 0 saturated carbocycles. The molecule has 2 rings (SSSR count). The van der Waals surface area contributed by atoms with Gasteiger partial charge < -0.3 is 4.74 Å². The van der Waals surface area contributed by atoms with Gasteiger partial charge in [0.2, 0.25) is 0 Å². The van der Waals surface area contributed by atoms with E-state index in [1.165, 1.54) is 30.3 Å². The molecule has 0 bridgehead atoms. The smallest absolute Gasteiger partial charge is 0.331 e. The molecule has 0 fully saturated rings. The lowest BCUT2D eigenvalue weighted by molar-refractivity contribution is -0.136. The lowest BCUT2D eigenvalue weighted by Crippen LogP contribution is -2.12. The predicted molar refractivity (Wildman–Crippen MR) is 82.2 cm³/mol. The fourth-order valence-corrected chi connectivity index (χ4v) is 1.77. The van der Waals surface area contributed by atoms with Gasteiger partial charge in [0, 0.05) is 16.7 Å². The van der Waals surface area contributed by atoms with Gasteiger partial charge in [0.1, 0.15) is 5.82 Å². The largest absolute Gasteiger partial charge is 0.454 e. The summed E-state index contributed by atoms with van der Waals surface area (Å²) < 4.78 is 17.6. The van der Waals surface area contributed by atoms with Crippen molar-refractivity contribution < 1.29 is 18.7 Å². The summed E-state index contributed by atoms with van der Waals surface area (Å²) in [6, 6.07) is 11.9. The highest BCUT2D eigenvalue weighted by molar-refractivity contribution is 6.30. The molecular weight excluding hydrogens is 307 g/mol. The second-order valence-corrected chi connectivity index (χ2v) is 4.86. The predicted octanol–water partition coefficient (Wildman–Crippen LogP) is 3.92. The molecule has 0 aliphatic heterocycles. The van der Waals surface area contributed by atoms with E-state index in [0.717, 1.165) is 5.56 Å². The van der Waals surface area contributed by atoms with Crippen molar-refractivity contribution in [3.05, 3.63) is 76.6 Å². The van der Waals surface area contributed by atoms with Crippen molar-refractivity contribution in [3.63, 3.8) is 0 Å². The zero-order valence-electron chi connectivity index (χ0n) is 11.5. The molecule has 0 atom stereocenters. The van der Waals surface area contributed by atoms with Crippen LogP contribution in [0.3, 0.4) is 0 Å². The Morgan fingerprint density at radius 2 is 1.68 bits per heavy atom. The maximum absolute atomic E-state index is 12.7. The summed E-state index contributed by atoms with van der Waals surface area (Å²) in [6.45, 7) is -0.393. The van der Waals surface area contributed by atoms with Crippen LogP contribution in [0.25, 0.3) is 6.08 Å². The minimum atomic E-state index is -0.634. The van der Waals surface area contributed by atoms with E-state index in [0.29, 0.717) is 5.02 Å². The number of rotatable bonds is 5. The van der Waals surface area contributed by atoms with Gasteiger partial charge in [-0.15, -0.1) is 0 Å². The van der Waals surface area contributed by atoms with E-state index < -0.39 is 24.2 Å². The Labute approximate surface area is 132 Å². The summed E-state index contributed by atoms with van der Waals surface area (Å²) in [6.07, 6.45) is 2.78. The molecule has 112 valence electrons. The Morgan fingerprint density at radius 1 is 1.05 bits per heavy atom. The summed E-state index contributed by atoms with van der Waals surface area (Å²) in [7, 11) is 0. The minimum Gasteiger partial charge on any atom is -0.454 e. The van der Waals surface area contributed by atoms with E-state index in [9.17, 15) is 14.0 Å². The van der Waals surface area contributed by atoms with Gasteiger partial charge in [0.25, 0.3) is 0 Å². The Morgan fingerprint density at radius 3 is 2.32 bits per heavy atom. The zero-order chi connectivity index (χ0) is 15.9. The topological polar surface area (TPSA) is 43.4 Å². The molecule has 0 amide bonds. The monoisotopic (exact) mass is 318 g/mol. The average Bonchev–Trinajstić information content (AvgIpc) is 2.52. The van der Waals surface area contributed by atoms with Crippen molar-refractivity contribution in [1.29, 1.82) is 0 Å². The Balaban J connectivity index is 1.86. The lowest BCUT2D eigenvalue weighted by atomic mass is 10.1. The minimum absolute atomic E-state index is 0.288. The third-order valence-electron chi connectivity index (χ3n) is 2.79. The SMILES string of the molecule is O=C(/C=C/c1ccc(Cl)cc1)OCC(=O)c1ccc(F)cc1. The van der Waals surface area contributed by atoms with Crippen LogP contribution >= 0.6 is 11.6 Å². The Bertz CT molecular complexity index is 691. The maximum Gasteiger partial charge on any atom is 0.331 e. The quantitative estimate of drug-likeness (QED) is 0.477. The van der Waals surface area contributed by atoms with E-state index in [1.807, 2.05) is 0 Å². The number of carbonyl (C=O) groups is 2. The molecule has 5 heteroatoms. The molecule has 22 heavy (non-hydrogen) atoms. The number of ketones is 1. The van der Waals surface area contributed by atoms with Crippen LogP contribution in [0.5, 0.6) is 0 Å². The third-order valence-corrected chi connectivity index (χ3v) is 3.05. The summed E-state index contributed by atoms with van der Waals surface area (Å²) in [4.78, 5) is 23.3. The van der Waals surface area contributed by atoms with Crippen LogP contribution in [-0.4, -0.2) is 18.4 Å². The normalized spacial score (nSPS) is 10.6. The van der Waals surface area contributed by atoms with Gasteiger partial charge in [-0.1, -0.05) is 23.7 Å². The average molecular weight is 319 g/mol. The maximum atomic E-state index is 12.7. The Hall–Kier alpha value is -2.46. The highest BCUT2D eigenvalue weighted by Crippen LogP contribution is 2.10. The number of halogens is 2. The van der Waals surface area contributed by atoms with Crippen LogP contribution in [0.1, 0.15) is 15.9 Å². The fourth-order valence-electron chi connectivity index (χ4n) is 1.64. The number of esters is 1. The van der Waals surface area contributed by atoms with Crippen LogP contribution in [0.15, 0.2) is 54.6 Å². The van der Waals surface area contributed by atoms with E-state index in [4.69, 9.17) is 16.3 Å². The van der Waals surface area contributed by atoms with E-state index in [-0.39, 0.29) is 5.56 Å². The van der Waals surface area contributed by atoms with Crippen molar-refractivity contribution in [2.24, 2.45) is 0 Å². The van der Waals surface area contributed by atoms with E-state index >= 15 is 0 Å². The number of ether oxygens (including phenoxy) is 1. The van der Waals surface area contributed by atoms with Crippen LogP contribution in [-0.2, 0) is 9.53 Å². The second-order valence-electron chi connectivity index (χ2n) is 4.42. The number of hydrogen-bond donors (Lipinski definition) is 0. The summed E-state index contributed by atoms with van der Waals surface area (Å²) in [5, 5.41) is 0.602. The van der Waals surface area contributed by atoms with Crippen molar-refractivity contribution in [3.8, 4) is 0 Å². The molecule has 3 nitrogen and oxygen atoms in total. The summed E-state index contributed by atoms with van der Waals surface area (Å²) >= 11 is 5.75. The molecule has 0 heterocycles. The molecular formula is C17H12ClFO3. The van der Waals surface area contributed by atoms with Gasteiger partial charge in [0.15, 0.2) is 12.4 Å². The van der Waals surface area contributed by atoms with Crippen LogP contribution in [0, 0.1) is 5.82 Å². The van der Waals surface area contributed by atoms with Gasteiger partial charge in [-0.3, -0.25) is 4.79 Å². The second kappa shape index (κ2) is 7.52. The molecule has 0 N–H and O–H groups in total. The standard InChI is InChI=1S/C17H12ClFO3/c18-14-6-1-12(2-7-14)3-10-17(21)22-11-16(20)13-4-8-15(19)9-5-13/h1-10H,11H2/b10-3+. The van der Waals surface area contributed by atoms with Crippen molar-refractivity contribution in [1.82, 2.24) is 0 Å². The van der Waals surface area contributed by atoms with Gasteiger partial charge in [0.05, 0.1) is 0 Å². The van der Waals surface area contributed by atoms with Crippen LogP contribution < -0.4 is 0 Å². The first kappa shape index (κ1) is 15.9. The van der Waals surface area contributed by atoms with E-state index in [1.54, 1.807) is 30.3 Å². The molecule has 2 aromatic rings. The van der Waals surface area contributed by atoms with Crippen LogP contribution in [0.4, 0.5) is 4.39 Å². The number of Topliss-reactive ketones (excluding diaryl/α,β-unsaturated/α-hetero) is 1. The highest BCUT2D eigenvalue weighted by atomic mass is 35.5.